The van der Waals surface area contributed by atoms with Crippen molar-refractivity contribution >= 4 is 10.8 Å². The van der Waals surface area contributed by atoms with Gasteiger partial charge in [-0.25, -0.2) is 0 Å². The van der Waals surface area contributed by atoms with Gasteiger partial charge in [0.25, 0.3) is 0 Å². The van der Waals surface area contributed by atoms with Crippen LogP contribution in [0, 0.1) is 0 Å². The number of piperazine rings is 1. The number of nitrogens with one attached hydrogen (secondary N) is 1. The molecule has 5 heteroatoms. The second-order valence-corrected chi connectivity index (χ2v) is 5.34. The number of nitrogens with zero attached hydrogens (tertiary/aromatic N) is 1. The first-order valence-corrected chi connectivity index (χ1v) is 7.06. The molecule has 1 atom stereocenters. The second kappa shape index (κ2) is 5.66. The van der Waals surface area contributed by atoms with E-state index in [4.69, 9.17) is 0 Å². The molecule has 2 aromatic rings. The van der Waals surface area contributed by atoms with Gasteiger partial charge in [-0.1, -0.05) is 36.4 Å². The summed E-state index contributed by atoms with van der Waals surface area (Å²) in [6.45, 7) is 2.02. The molecule has 1 N–H and O–H groups in total. The molecule has 1 heterocycles. The van der Waals surface area contributed by atoms with Gasteiger partial charge in [-0.2, -0.15) is 13.2 Å². The van der Waals surface area contributed by atoms with E-state index >= 15 is 0 Å². The molecular formula is C16H17F3N2. The molecule has 0 aliphatic carbocycles. The van der Waals surface area contributed by atoms with Gasteiger partial charge in [0.15, 0.2) is 0 Å². The Kier molecular flexibility index (Phi) is 3.87. The van der Waals surface area contributed by atoms with Crippen LogP contribution >= 0.6 is 0 Å². The zero-order valence-electron chi connectivity index (χ0n) is 11.5. The predicted octanol–water partition coefficient (Wildman–Crippen LogP) is 3.35. The highest BCUT2D eigenvalue weighted by Crippen LogP contribution is 2.38. The van der Waals surface area contributed by atoms with Crippen molar-refractivity contribution in [3.8, 4) is 0 Å². The quantitative estimate of drug-likeness (QED) is 0.914. The molecule has 0 unspecified atom stereocenters. The third kappa shape index (κ3) is 3.04. The average molecular weight is 294 g/mol. The maximum atomic E-state index is 13.5. The molecule has 0 saturated carbocycles. The molecule has 3 rings (SSSR count). The summed E-state index contributed by atoms with van der Waals surface area (Å²) in [4.78, 5) is 1.51. The first-order chi connectivity index (χ1) is 10.1. The SMILES string of the molecule is FC(F)(F)[C@H](c1ccc2ccccc2c1)N1CCNCC1. The highest BCUT2D eigenvalue weighted by Gasteiger charge is 2.44. The fourth-order valence-corrected chi connectivity index (χ4v) is 2.93. The van der Waals surface area contributed by atoms with Crippen molar-refractivity contribution in [2.45, 2.75) is 12.2 Å². The van der Waals surface area contributed by atoms with Crippen LogP contribution in [0.5, 0.6) is 0 Å². The molecule has 2 aromatic carbocycles. The Morgan fingerprint density at radius 1 is 0.952 bits per heavy atom. The van der Waals surface area contributed by atoms with E-state index in [1.165, 1.54) is 4.90 Å². The van der Waals surface area contributed by atoms with Crippen molar-refractivity contribution in [2.24, 2.45) is 0 Å². The average Bonchev–Trinajstić information content (AvgIpc) is 2.47. The molecule has 1 aliphatic heterocycles. The van der Waals surface area contributed by atoms with Crippen LogP contribution in [0.2, 0.25) is 0 Å². The van der Waals surface area contributed by atoms with Gasteiger partial charge in [0.2, 0.25) is 0 Å². The van der Waals surface area contributed by atoms with Crippen LogP contribution in [0.1, 0.15) is 11.6 Å². The summed E-state index contributed by atoms with van der Waals surface area (Å²) >= 11 is 0. The second-order valence-electron chi connectivity index (χ2n) is 5.34. The van der Waals surface area contributed by atoms with Gasteiger partial charge in [0, 0.05) is 26.2 Å². The molecule has 0 aromatic heterocycles. The van der Waals surface area contributed by atoms with Crippen LogP contribution in [0.15, 0.2) is 42.5 Å². The maximum Gasteiger partial charge on any atom is 0.408 e. The van der Waals surface area contributed by atoms with E-state index in [1.807, 2.05) is 24.3 Å². The number of halogens is 3. The van der Waals surface area contributed by atoms with E-state index in [0.717, 1.165) is 10.8 Å². The van der Waals surface area contributed by atoms with E-state index in [2.05, 4.69) is 5.32 Å². The van der Waals surface area contributed by atoms with Gasteiger partial charge < -0.3 is 5.32 Å². The van der Waals surface area contributed by atoms with Crippen LogP contribution in [-0.4, -0.2) is 37.3 Å². The van der Waals surface area contributed by atoms with Crippen molar-refractivity contribution in [3.05, 3.63) is 48.0 Å². The molecule has 0 radical (unpaired) electrons. The molecule has 1 aliphatic rings. The summed E-state index contributed by atoms with van der Waals surface area (Å²) in [7, 11) is 0. The van der Waals surface area contributed by atoms with E-state index < -0.39 is 12.2 Å². The molecule has 1 saturated heterocycles. The molecule has 21 heavy (non-hydrogen) atoms. The zero-order chi connectivity index (χ0) is 14.9. The normalized spacial score (nSPS) is 18.8. The van der Waals surface area contributed by atoms with Gasteiger partial charge in [-0.15, -0.1) is 0 Å². The lowest BCUT2D eigenvalue weighted by atomic mass is 10.00. The third-order valence-electron chi connectivity index (χ3n) is 3.92. The number of benzene rings is 2. The number of alkyl halides is 3. The van der Waals surface area contributed by atoms with Crippen LogP contribution < -0.4 is 5.32 Å². The Bertz CT molecular complexity index is 618. The van der Waals surface area contributed by atoms with Crippen LogP contribution in [-0.2, 0) is 0 Å². The smallest absolute Gasteiger partial charge is 0.314 e. The summed E-state index contributed by atoms with van der Waals surface area (Å²) in [6, 6.07) is 11.0. The van der Waals surface area contributed by atoms with Crippen LogP contribution in [0.4, 0.5) is 13.2 Å². The summed E-state index contributed by atoms with van der Waals surface area (Å²) in [5, 5.41) is 4.90. The number of rotatable bonds is 2. The Hall–Kier alpha value is -1.59. The highest BCUT2D eigenvalue weighted by atomic mass is 19.4. The minimum absolute atomic E-state index is 0.322. The van der Waals surface area contributed by atoms with Crippen molar-refractivity contribution in [3.63, 3.8) is 0 Å². The third-order valence-corrected chi connectivity index (χ3v) is 3.92. The van der Waals surface area contributed by atoms with Gasteiger partial charge >= 0.3 is 6.18 Å². The minimum Gasteiger partial charge on any atom is -0.314 e. The van der Waals surface area contributed by atoms with Crippen molar-refractivity contribution < 1.29 is 13.2 Å². The van der Waals surface area contributed by atoms with E-state index in [1.54, 1.807) is 18.2 Å². The zero-order valence-corrected chi connectivity index (χ0v) is 11.5. The fourth-order valence-electron chi connectivity index (χ4n) is 2.93. The summed E-state index contributed by atoms with van der Waals surface area (Å²) < 4.78 is 40.6. The van der Waals surface area contributed by atoms with Crippen LogP contribution in [0.3, 0.4) is 0 Å². The van der Waals surface area contributed by atoms with Crippen molar-refractivity contribution in [1.29, 1.82) is 0 Å². The van der Waals surface area contributed by atoms with E-state index in [9.17, 15) is 13.2 Å². The van der Waals surface area contributed by atoms with Crippen molar-refractivity contribution in [1.82, 2.24) is 10.2 Å². The predicted molar refractivity (Wildman–Crippen MR) is 77.2 cm³/mol. The number of hydrogen-bond acceptors (Lipinski definition) is 2. The van der Waals surface area contributed by atoms with Gasteiger partial charge in [0.05, 0.1) is 0 Å². The Labute approximate surface area is 121 Å². The van der Waals surface area contributed by atoms with Crippen LogP contribution in [0.25, 0.3) is 10.8 Å². The number of hydrogen-bond donors (Lipinski definition) is 1. The minimum atomic E-state index is -4.26. The van der Waals surface area contributed by atoms with E-state index in [-0.39, 0.29) is 0 Å². The summed E-state index contributed by atoms with van der Waals surface area (Å²) in [5.41, 5.74) is 0.322. The molecule has 0 bridgehead atoms. The lowest BCUT2D eigenvalue weighted by Crippen LogP contribution is -2.49. The lowest BCUT2D eigenvalue weighted by molar-refractivity contribution is -0.187. The van der Waals surface area contributed by atoms with Gasteiger partial charge in [-0.05, 0) is 22.4 Å². The molecule has 0 amide bonds. The lowest BCUT2D eigenvalue weighted by Gasteiger charge is -2.36. The maximum absolute atomic E-state index is 13.5. The molecule has 2 nitrogen and oxygen atoms in total. The molecule has 112 valence electrons. The standard InChI is InChI=1S/C16H17F3N2/c17-16(18,19)15(21-9-7-20-8-10-21)14-6-5-12-3-1-2-4-13(12)11-14/h1-6,11,15,20H,7-10H2/t15-/m0/s1. The topological polar surface area (TPSA) is 15.3 Å². The monoisotopic (exact) mass is 294 g/mol. The first-order valence-electron chi connectivity index (χ1n) is 7.06. The molecular weight excluding hydrogens is 277 g/mol. The Morgan fingerprint density at radius 3 is 2.29 bits per heavy atom. The fraction of sp³-hybridized carbons (Fsp3) is 0.375. The molecule has 1 fully saturated rings. The van der Waals surface area contributed by atoms with Gasteiger partial charge in [-0.3, -0.25) is 4.90 Å². The summed E-state index contributed by atoms with van der Waals surface area (Å²) in [6.07, 6.45) is -4.26. The largest absolute Gasteiger partial charge is 0.408 e. The van der Waals surface area contributed by atoms with E-state index in [0.29, 0.717) is 31.7 Å². The molecule has 0 spiro atoms. The highest BCUT2D eigenvalue weighted by molar-refractivity contribution is 5.83. The number of fused-ring (bicyclic) bond motifs is 1. The van der Waals surface area contributed by atoms with Gasteiger partial charge in [0.1, 0.15) is 6.04 Å². The Morgan fingerprint density at radius 2 is 1.62 bits per heavy atom. The summed E-state index contributed by atoms with van der Waals surface area (Å²) in [5.74, 6) is 0. The first kappa shape index (κ1) is 14.4. The Balaban J connectivity index is 2.01. The van der Waals surface area contributed by atoms with Crippen molar-refractivity contribution in [2.75, 3.05) is 26.2 Å².